The van der Waals surface area contributed by atoms with Crippen LogP contribution in [0.3, 0.4) is 0 Å². The van der Waals surface area contributed by atoms with Gasteiger partial charge in [0, 0.05) is 18.6 Å². The van der Waals surface area contributed by atoms with Crippen LogP contribution in [0.4, 0.5) is 0 Å². The van der Waals surface area contributed by atoms with E-state index in [-0.39, 0.29) is 32.1 Å². The van der Waals surface area contributed by atoms with Gasteiger partial charge in [-0.25, -0.2) is 4.79 Å². The van der Waals surface area contributed by atoms with Gasteiger partial charge in [-0.15, -0.1) is 0 Å². The number of esters is 1. The molecule has 2 aliphatic heterocycles. The number of fused-ring (bicyclic) bond motifs is 1. The standard InChI is InChI=1S/C19H17Cl3N2O8S/c1-7(32-13-4-11(21)10(20)3-12(13)22)16(26)23-14-17(27)24-15(19(28)29)9(5-31-8(2)25)6-33(30)18(14)24/h3-4,7,14,18H,5-6H2,1-2H3,(H,23,26)(H,28,29)/t7?,14-,18-,33?/m1/s1. The van der Waals surface area contributed by atoms with Crippen molar-refractivity contribution in [2.45, 2.75) is 31.4 Å². The highest BCUT2D eigenvalue weighted by Gasteiger charge is 2.57. The van der Waals surface area contributed by atoms with Crippen LogP contribution < -0.4 is 10.1 Å². The summed E-state index contributed by atoms with van der Waals surface area (Å²) in [6.45, 7) is 2.12. The molecule has 0 aromatic heterocycles. The van der Waals surface area contributed by atoms with Crippen molar-refractivity contribution in [3.05, 3.63) is 38.5 Å². The summed E-state index contributed by atoms with van der Waals surface area (Å²) in [6, 6.07) is 1.45. The lowest BCUT2D eigenvalue weighted by Crippen LogP contribution is -2.74. The van der Waals surface area contributed by atoms with Crippen LogP contribution in [0.1, 0.15) is 13.8 Å². The summed E-state index contributed by atoms with van der Waals surface area (Å²) < 4.78 is 23.0. The highest BCUT2D eigenvalue weighted by atomic mass is 35.5. The van der Waals surface area contributed by atoms with Crippen molar-refractivity contribution in [1.82, 2.24) is 10.2 Å². The van der Waals surface area contributed by atoms with E-state index in [0.29, 0.717) is 0 Å². The van der Waals surface area contributed by atoms with Crippen LogP contribution in [-0.4, -0.2) is 67.8 Å². The van der Waals surface area contributed by atoms with Crippen LogP contribution in [0.25, 0.3) is 0 Å². The largest absolute Gasteiger partial charge is 0.479 e. The van der Waals surface area contributed by atoms with Crippen LogP contribution in [0.15, 0.2) is 23.4 Å². The highest BCUT2D eigenvalue weighted by molar-refractivity contribution is 7.86. The molecular formula is C19H17Cl3N2O8S. The van der Waals surface area contributed by atoms with Gasteiger partial charge in [-0.1, -0.05) is 34.8 Å². The summed E-state index contributed by atoms with van der Waals surface area (Å²) in [5.74, 6) is -3.74. The molecule has 2 amide bonds. The van der Waals surface area contributed by atoms with Crippen LogP contribution in [0, 0.1) is 0 Å². The normalized spacial score (nSPS) is 22.8. The first-order valence-electron chi connectivity index (χ1n) is 9.32. The molecule has 0 bridgehead atoms. The Morgan fingerprint density at radius 1 is 1.24 bits per heavy atom. The van der Waals surface area contributed by atoms with Gasteiger partial charge in [0.1, 0.15) is 29.5 Å². The number of nitrogens with one attached hydrogen (secondary N) is 1. The van der Waals surface area contributed by atoms with Crippen molar-refractivity contribution in [2.75, 3.05) is 12.4 Å². The Morgan fingerprint density at radius 2 is 1.88 bits per heavy atom. The van der Waals surface area contributed by atoms with Crippen LogP contribution in [-0.2, 0) is 34.7 Å². The van der Waals surface area contributed by atoms with E-state index in [2.05, 4.69) is 5.32 Å². The minimum absolute atomic E-state index is 0.0383. The van der Waals surface area contributed by atoms with Crippen molar-refractivity contribution in [1.29, 1.82) is 0 Å². The number of amides is 2. The Bertz CT molecular complexity index is 1110. The zero-order valence-corrected chi connectivity index (χ0v) is 20.2. The SMILES string of the molecule is CC(=O)OCC1=C(C(=O)O)N2C(=O)[C@@H](NC(=O)C(C)Oc3cc(Cl)c(Cl)cc3Cl)[C@H]2S(=O)C1. The van der Waals surface area contributed by atoms with Gasteiger partial charge in [0.25, 0.3) is 11.8 Å². The first-order valence-corrected chi connectivity index (χ1v) is 11.8. The molecular weight excluding hydrogens is 523 g/mol. The predicted octanol–water partition coefficient (Wildman–Crippen LogP) is 1.73. The van der Waals surface area contributed by atoms with Crippen molar-refractivity contribution < 1.29 is 38.0 Å². The fraction of sp³-hybridized carbons (Fsp3) is 0.368. The second kappa shape index (κ2) is 9.88. The monoisotopic (exact) mass is 538 g/mol. The molecule has 2 N–H and O–H groups in total. The van der Waals surface area contributed by atoms with Gasteiger partial charge in [-0.3, -0.25) is 23.5 Å². The molecule has 1 fully saturated rings. The van der Waals surface area contributed by atoms with Gasteiger partial charge < -0.3 is 19.9 Å². The number of nitrogens with zero attached hydrogens (tertiary/aromatic N) is 1. The quantitative estimate of drug-likeness (QED) is 0.303. The number of rotatable bonds is 7. The van der Waals surface area contributed by atoms with E-state index in [1.807, 2.05) is 0 Å². The zero-order valence-electron chi connectivity index (χ0n) is 17.1. The summed E-state index contributed by atoms with van der Waals surface area (Å²) in [6.07, 6.45) is -1.13. The molecule has 0 spiro atoms. The second-order valence-corrected chi connectivity index (χ2v) is 9.86. The fourth-order valence-corrected chi connectivity index (χ4v) is 5.51. The molecule has 178 valence electrons. The molecule has 1 saturated heterocycles. The average molecular weight is 540 g/mol. The minimum Gasteiger partial charge on any atom is -0.479 e. The van der Waals surface area contributed by atoms with Crippen molar-refractivity contribution in [3.63, 3.8) is 0 Å². The number of benzene rings is 1. The zero-order chi connectivity index (χ0) is 24.6. The molecule has 2 unspecified atom stereocenters. The lowest BCUT2D eigenvalue weighted by molar-refractivity contribution is -0.151. The smallest absolute Gasteiger partial charge is 0.352 e. The summed E-state index contributed by atoms with van der Waals surface area (Å²) >= 11 is 17.8. The van der Waals surface area contributed by atoms with Gasteiger partial charge in [0.05, 0.1) is 31.6 Å². The second-order valence-electron chi connectivity index (χ2n) is 7.10. The lowest BCUT2D eigenvalue weighted by Gasteiger charge is -2.49. The van der Waals surface area contributed by atoms with E-state index in [9.17, 15) is 28.5 Å². The maximum absolute atomic E-state index is 12.7. The number of aliphatic carboxylic acids is 1. The summed E-state index contributed by atoms with van der Waals surface area (Å²) in [5, 5.41) is 11.4. The molecule has 10 nitrogen and oxygen atoms in total. The highest BCUT2D eigenvalue weighted by Crippen LogP contribution is 2.36. The van der Waals surface area contributed by atoms with Gasteiger partial charge >= 0.3 is 11.9 Å². The lowest BCUT2D eigenvalue weighted by atomic mass is 10.0. The molecule has 2 aliphatic rings. The van der Waals surface area contributed by atoms with Crippen LogP contribution in [0.5, 0.6) is 5.75 Å². The number of β-lactam (4-membered cyclic amide) rings is 1. The third-order valence-electron chi connectivity index (χ3n) is 4.80. The average Bonchev–Trinajstić information content (AvgIpc) is 2.73. The van der Waals surface area contributed by atoms with Gasteiger partial charge in [-0.2, -0.15) is 0 Å². The Morgan fingerprint density at radius 3 is 2.48 bits per heavy atom. The summed E-state index contributed by atoms with van der Waals surface area (Å²) in [4.78, 5) is 48.9. The van der Waals surface area contributed by atoms with E-state index in [1.54, 1.807) is 0 Å². The van der Waals surface area contributed by atoms with Gasteiger partial charge in [0.2, 0.25) is 0 Å². The van der Waals surface area contributed by atoms with Gasteiger partial charge in [-0.05, 0) is 13.0 Å². The first kappa shape index (κ1) is 25.3. The summed E-state index contributed by atoms with van der Waals surface area (Å²) in [7, 11) is -1.75. The number of halogens is 3. The number of carboxylic acid groups (broad SMARTS) is 1. The van der Waals surface area contributed by atoms with E-state index < -0.39 is 64.4 Å². The Hall–Kier alpha value is -2.34. The molecule has 0 radical (unpaired) electrons. The van der Waals surface area contributed by atoms with Crippen LogP contribution >= 0.6 is 34.8 Å². The Kier molecular flexibility index (Phi) is 7.57. The Labute approximate surface area is 205 Å². The minimum atomic E-state index is -1.75. The number of ether oxygens (including phenoxy) is 2. The third kappa shape index (κ3) is 5.11. The fourth-order valence-electron chi connectivity index (χ4n) is 3.26. The number of carboxylic acids is 1. The topological polar surface area (TPSA) is 139 Å². The van der Waals surface area contributed by atoms with Gasteiger partial charge in [0.15, 0.2) is 6.10 Å². The van der Waals surface area contributed by atoms with Crippen molar-refractivity contribution in [3.8, 4) is 5.75 Å². The van der Waals surface area contributed by atoms with Crippen molar-refractivity contribution >= 4 is 69.4 Å². The number of hydrogen-bond donors (Lipinski definition) is 2. The molecule has 0 saturated carbocycles. The molecule has 2 heterocycles. The molecule has 4 atom stereocenters. The van der Waals surface area contributed by atoms with Crippen molar-refractivity contribution in [2.24, 2.45) is 0 Å². The van der Waals surface area contributed by atoms with E-state index in [1.165, 1.54) is 19.1 Å². The molecule has 33 heavy (non-hydrogen) atoms. The molecule has 14 heteroatoms. The maximum Gasteiger partial charge on any atom is 0.352 e. The molecule has 0 aliphatic carbocycles. The Balaban J connectivity index is 1.74. The summed E-state index contributed by atoms with van der Waals surface area (Å²) in [5.41, 5.74) is -0.375. The van der Waals surface area contributed by atoms with E-state index in [4.69, 9.17) is 44.3 Å². The van der Waals surface area contributed by atoms with E-state index in [0.717, 1.165) is 11.8 Å². The number of carbonyl (C=O) groups is 4. The molecule has 1 aromatic carbocycles. The number of hydrogen-bond acceptors (Lipinski definition) is 7. The number of carbonyl (C=O) groups excluding carboxylic acids is 3. The maximum atomic E-state index is 12.7. The first-order chi connectivity index (χ1) is 15.4. The van der Waals surface area contributed by atoms with Crippen LogP contribution in [0.2, 0.25) is 15.1 Å². The molecule has 1 aromatic rings. The molecule has 3 rings (SSSR count). The van der Waals surface area contributed by atoms with E-state index >= 15 is 0 Å². The third-order valence-corrected chi connectivity index (χ3v) is 7.47. The predicted molar refractivity (Wildman–Crippen MR) is 118 cm³/mol.